The molecule has 28 nitrogen and oxygen atoms in total. The number of alkyl carbamates (subject to hydrolysis) is 1. The Morgan fingerprint density at radius 1 is 0.558 bits per heavy atom. The fraction of sp³-hybridized carbons (Fsp3) is 0.324. The summed E-state index contributed by atoms with van der Waals surface area (Å²) in [7, 11) is 0. The van der Waals surface area contributed by atoms with Gasteiger partial charge in [-0.1, -0.05) is 47.5 Å². The van der Waals surface area contributed by atoms with Crippen molar-refractivity contribution in [3.8, 4) is 80.1 Å². The van der Waals surface area contributed by atoms with Gasteiger partial charge in [-0.3, -0.25) is 28.8 Å². The predicted octanol–water partition coefficient (Wildman–Crippen LogP) is 8.61. The number of rotatable bonds is 5. The molecule has 0 radical (unpaired) electrons. The summed E-state index contributed by atoms with van der Waals surface area (Å²) in [6.07, 6.45) is 2.16. The second-order valence-electron chi connectivity index (χ2n) is 28.5. The highest BCUT2D eigenvalue weighted by Crippen LogP contribution is 2.57. The number of benzene rings is 7. The lowest BCUT2D eigenvalue weighted by molar-refractivity contribution is -0.143. The monoisotopic (exact) mass is 1460 g/mol. The van der Waals surface area contributed by atoms with E-state index >= 15 is 24.0 Å². The first-order chi connectivity index (χ1) is 49.4. The number of carbonyl (C=O) groups is 8. The Kier molecular flexibility index (Phi) is 18.1. The lowest BCUT2D eigenvalue weighted by Crippen LogP contribution is -2.58. The first-order valence-electron chi connectivity index (χ1n) is 33.4. The molecular formula is C74H70Cl2N8O20. The summed E-state index contributed by atoms with van der Waals surface area (Å²) in [6, 6.07) is 6.89. The van der Waals surface area contributed by atoms with Crippen LogP contribution in [-0.2, 0) is 51.3 Å². The average molecular weight is 1460 g/mol. The third kappa shape index (κ3) is 13.7. The number of halogens is 2. The van der Waals surface area contributed by atoms with E-state index in [1.54, 1.807) is 20.8 Å². The minimum Gasteiger partial charge on any atom is -0.508 e. The maximum atomic E-state index is 16.1. The predicted molar refractivity (Wildman–Crippen MR) is 368 cm³/mol. The molecule has 17 rings (SSSR count). The summed E-state index contributed by atoms with van der Waals surface area (Å²) in [5, 5.41) is 116. The maximum absolute atomic E-state index is 16.1. The summed E-state index contributed by atoms with van der Waals surface area (Å²) < 4.78 is 24.3. The van der Waals surface area contributed by atoms with E-state index in [0.717, 1.165) is 99.2 Å². The van der Waals surface area contributed by atoms with Crippen LogP contribution in [0.1, 0.15) is 140 Å². The summed E-state index contributed by atoms with van der Waals surface area (Å²) in [6.45, 7) is 4.58. The average Bonchev–Trinajstić information content (AvgIpc) is 0.744. The van der Waals surface area contributed by atoms with Crippen LogP contribution in [0.25, 0.3) is 11.1 Å². The van der Waals surface area contributed by atoms with E-state index in [1.807, 2.05) is 0 Å². The number of aliphatic hydroxyl groups excluding tert-OH is 1. The highest BCUT2D eigenvalue weighted by atomic mass is 35.5. The minimum atomic E-state index is -2.23. The zero-order chi connectivity index (χ0) is 73.7. The Bertz CT molecular complexity index is 4760. The Morgan fingerprint density at radius 3 is 1.77 bits per heavy atom. The van der Waals surface area contributed by atoms with Crippen molar-refractivity contribution in [2.24, 2.45) is 17.8 Å². The van der Waals surface area contributed by atoms with Crippen LogP contribution < -0.4 is 56.7 Å². The molecule has 6 aliphatic heterocycles. The van der Waals surface area contributed by atoms with Crippen molar-refractivity contribution >= 4 is 70.7 Å². The van der Waals surface area contributed by atoms with E-state index in [-0.39, 0.29) is 89.6 Å². The summed E-state index contributed by atoms with van der Waals surface area (Å²) in [5.41, 5.74) is -3.72. The number of fused-ring (bicyclic) bond motifs is 14. The molecule has 7 aromatic carbocycles. The Labute approximate surface area is 602 Å². The van der Waals surface area contributed by atoms with Crippen LogP contribution >= 0.6 is 23.2 Å². The lowest BCUT2D eigenvalue weighted by Gasteiger charge is -2.57. The second kappa shape index (κ2) is 26.9. The standard InChI is InChI=1S/C74H70Cl2N8O20/c1-73(2,3)104-72(100)84-57-35-6-9-48(87)52(21-35)101-40-18-37(17-39(85)24-40)58-68(95)81-59-38-22-53(102-50-10-4-30(15-44(50)75)16-46(65(92)79-58)78-66(57)93)64(91)54(23-38)103-51-11-7-36(20-45(51)76)62(89)61-70(97)82-60(71(98)99)42-25-49(88)43(29-77-74-26-31-12-32(27-74)14-33(13-31)28-74)63(90)55(42)41-19-34(5-8-47(41)86)56(67(94)83-61)80-69(59)96/h4-11,15,17-25,31-33,46,56-62,77,85-91H,12-14,16,26-29H2,1-3H3,(H,78,93)(H,79,92)(H,80,96)(H,81,95)(H,82,97)(H,83,94)(H,84,100)(H,98,99)/t31?,32?,33?,46-,56-,57+,58-,59-,60-,61-,62?,74?/m0/s1. The normalized spacial score (nSPS) is 25.5. The highest BCUT2D eigenvalue weighted by molar-refractivity contribution is 6.32. The van der Waals surface area contributed by atoms with Gasteiger partial charge in [0.2, 0.25) is 41.2 Å². The molecule has 4 aliphatic carbocycles. The number of hydrogen-bond donors (Lipinski definition) is 16. The number of phenolic OH excluding ortho intramolecular Hbond substituents is 6. The van der Waals surface area contributed by atoms with Gasteiger partial charge in [-0.05, 0) is 189 Å². The van der Waals surface area contributed by atoms with Crippen molar-refractivity contribution in [1.29, 1.82) is 0 Å². The van der Waals surface area contributed by atoms with Crippen LogP contribution in [0.5, 0.6) is 69.0 Å². The molecule has 10 aliphatic rings. The molecule has 30 heteroatoms. The molecule has 0 spiro atoms. The van der Waals surface area contributed by atoms with Gasteiger partial charge in [0.05, 0.1) is 15.6 Å². The van der Waals surface area contributed by atoms with Gasteiger partial charge in [-0.2, -0.15) is 0 Å². The van der Waals surface area contributed by atoms with Crippen molar-refractivity contribution in [1.82, 2.24) is 42.5 Å². The molecule has 0 saturated heterocycles. The molecule has 540 valence electrons. The number of ether oxygens (including phenoxy) is 4. The maximum Gasteiger partial charge on any atom is 0.408 e. The SMILES string of the molecule is CC(C)(C)OC(=O)N[C@H]1C(=O)N[C@H]2Cc3ccc(c(Cl)c3)Oc3cc4cc(c3O)Oc3ccc(cc3Cl)C(O)[C@@H]3NC(=O)[C@@H](NC(=O)[C@H]4NC(=O)[C@@H](NC2=O)c2cc(O)cc(c2)Oc2cc1ccc2O)c1ccc(O)c(c1)-c1c(cc(O)c(CNC24CC5CC(CC(C5)C2)C4)c1O)[C@@H](C(=O)O)NC3=O. The van der Waals surface area contributed by atoms with Crippen molar-refractivity contribution in [2.75, 3.05) is 0 Å². The van der Waals surface area contributed by atoms with E-state index in [2.05, 4.69) is 42.5 Å². The number of carboxylic acids is 1. The number of carboxylic acid groups (broad SMARTS) is 1. The van der Waals surface area contributed by atoms with Gasteiger partial charge in [0.25, 0.3) is 0 Å². The first kappa shape index (κ1) is 69.9. The number of aromatic hydroxyl groups is 6. The fourth-order valence-electron chi connectivity index (χ4n) is 15.6. The molecule has 104 heavy (non-hydrogen) atoms. The molecule has 7 amide bonds. The van der Waals surface area contributed by atoms with Crippen LogP contribution in [0.15, 0.2) is 109 Å². The van der Waals surface area contributed by atoms with E-state index < -0.39 is 165 Å². The van der Waals surface area contributed by atoms with Crippen molar-refractivity contribution < 1.29 is 98.2 Å². The van der Waals surface area contributed by atoms with Gasteiger partial charge in [-0.15, -0.1) is 0 Å². The number of carbonyl (C=O) groups excluding carboxylic acids is 7. The first-order valence-corrected chi connectivity index (χ1v) is 34.2. The largest absolute Gasteiger partial charge is 0.508 e. The van der Waals surface area contributed by atoms with Gasteiger partial charge >= 0.3 is 12.1 Å². The molecule has 7 aromatic rings. The Morgan fingerprint density at radius 2 is 1.13 bits per heavy atom. The van der Waals surface area contributed by atoms with Crippen molar-refractivity contribution in [2.45, 2.75) is 132 Å². The van der Waals surface area contributed by atoms with Crippen molar-refractivity contribution in [3.05, 3.63) is 164 Å². The van der Waals surface area contributed by atoms with Gasteiger partial charge in [0, 0.05) is 41.3 Å². The van der Waals surface area contributed by atoms with E-state index in [1.165, 1.54) is 48.5 Å². The number of aliphatic hydroxyl groups is 1. The summed E-state index contributed by atoms with van der Waals surface area (Å²) >= 11 is 13.9. The number of amides is 7. The van der Waals surface area contributed by atoms with Crippen LogP contribution in [-0.4, -0.2) is 112 Å². The van der Waals surface area contributed by atoms with Gasteiger partial charge in [-0.25, -0.2) is 9.59 Å². The van der Waals surface area contributed by atoms with Crippen LogP contribution in [0.4, 0.5) is 4.79 Å². The third-order valence-electron chi connectivity index (χ3n) is 20.0. The van der Waals surface area contributed by atoms with Crippen LogP contribution in [0.2, 0.25) is 10.0 Å². The summed E-state index contributed by atoms with van der Waals surface area (Å²) in [4.78, 5) is 120. The quantitative estimate of drug-likeness (QED) is 0.0766. The number of hydrogen-bond acceptors (Lipinski definition) is 20. The third-order valence-corrected chi connectivity index (χ3v) is 20.6. The molecule has 8 atom stereocenters. The van der Waals surface area contributed by atoms with E-state index in [0.29, 0.717) is 17.8 Å². The molecular weight excluding hydrogens is 1390 g/mol. The zero-order valence-electron chi connectivity index (χ0n) is 55.6. The zero-order valence-corrected chi connectivity index (χ0v) is 57.1. The molecule has 1 unspecified atom stereocenters. The second-order valence-corrected chi connectivity index (χ2v) is 29.3. The highest BCUT2D eigenvalue weighted by Gasteiger charge is 2.51. The Hall–Kier alpha value is -11.2. The van der Waals surface area contributed by atoms with E-state index in [4.69, 9.17) is 42.1 Å². The lowest BCUT2D eigenvalue weighted by atomic mass is 9.53. The topological polar surface area (TPSA) is 432 Å². The van der Waals surface area contributed by atoms with Crippen molar-refractivity contribution in [3.63, 3.8) is 0 Å². The molecule has 21 bridgehead atoms. The number of phenols is 6. The molecule has 0 aromatic heterocycles. The minimum absolute atomic E-state index is 0.00589. The fourth-order valence-corrected chi connectivity index (χ4v) is 16.1. The molecule has 16 N–H and O–H groups in total. The smallest absolute Gasteiger partial charge is 0.408 e. The summed E-state index contributed by atoms with van der Waals surface area (Å²) in [5.74, 6) is -13.9. The van der Waals surface area contributed by atoms with Gasteiger partial charge < -0.3 is 102 Å². The molecule has 4 fully saturated rings. The number of nitrogens with one attached hydrogen (secondary N) is 8. The van der Waals surface area contributed by atoms with Crippen LogP contribution in [0, 0.1) is 17.8 Å². The molecule has 6 heterocycles. The Balaban J connectivity index is 0.938. The van der Waals surface area contributed by atoms with Gasteiger partial charge in [0.15, 0.2) is 29.0 Å². The number of aliphatic carboxylic acids is 1. The van der Waals surface area contributed by atoms with E-state index in [9.17, 15) is 55.2 Å². The van der Waals surface area contributed by atoms with Crippen LogP contribution in [0.3, 0.4) is 0 Å². The van der Waals surface area contributed by atoms with Gasteiger partial charge in [0.1, 0.15) is 88.2 Å². The molecule has 4 saturated carbocycles.